The van der Waals surface area contributed by atoms with Crippen molar-refractivity contribution in [2.75, 3.05) is 7.11 Å². The van der Waals surface area contributed by atoms with Crippen LogP contribution in [0.25, 0.3) is 0 Å². The van der Waals surface area contributed by atoms with Crippen molar-refractivity contribution in [2.24, 2.45) is 0 Å². The van der Waals surface area contributed by atoms with Gasteiger partial charge in [-0.05, 0) is 30.5 Å². The molecule has 0 heterocycles. The Bertz CT molecular complexity index is 697. The van der Waals surface area contributed by atoms with Crippen LogP contribution in [-0.2, 0) is 13.2 Å². The first-order valence-corrected chi connectivity index (χ1v) is 10.8. The number of hydrogen-bond acceptors (Lipinski definition) is 3. The van der Waals surface area contributed by atoms with Gasteiger partial charge in [-0.3, -0.25) is 0 Å². The molecule has 0 amide bonds. The summed E-state index contributed by atoms with van der Waals surface area (Å²) in [5, 5.41) is 3.77. The third-order valence-corrected chi connectivity index (χ3v) is 5.69. The monoisotopic (exact) mass is 431 g/mol. The van der Waals surface area contributed by atoms with Crippen molar-refractivity contribution in [3.63, 3.8) is 0 Å². The van der Waals surface area contributed by atoms with Gasteiger partial charge >= 0.3 is 0 Å². The third-order valence-electron chi connectivity index (χ3n) is 5.23. The molecule has 1 N–H and O–H groups in total. The van der Waals surface area contributed by atoms with Crippen molar-refractivity contribution in [2.45, 2.75) is 64.1 Å². The molecule has 1 saturated carbocycles. The molecule has 0 unspecified atom stereocenters. The molecule has 0 atom stereocenters. The molecule has 0 radical (unpaired) electrons. The second kappa shape index (κ2) is 10.7. The normalized spacial score (nSPS) is 15.8. The summed E-state index contributed by atoms with van der Waals surface area (Å²) < 4.78 is 12.8. The highest BCUT2D eigenvalue weighted by Gasteiger charge is 2.16. The fourth-order valence-electron chi connectivity index (χ4n) is 3.71. The summed E-state index contributed by atoms with van der Waals surface area (Å²) in [4.78, 5) is 0. The molecular weight excluding hydrogens is 402 g/mol. The highest BCUT2D eigenvalue weighted by Crippen LogP contribution is 2.35. The van der Waals surface area contributed by atoms with E-state index in [1.54, 1.807) is 7.11 Å². The molecule has 0 saturated heterocycles. The minimum absolute atomic E-state index is 0.537. The predicted molar refractivity (Wildman–Crippen MR) is 114 cm³/mol. The summed E-state index contributed by atoms with van der Waals surface area (Å²) in [6, 6.07) is 15.0. The first-order chi connectivity index (χ1) is 13.3. The lowest BCUT2D eigenvalue weighted by Crippen LogP contribution is -2.29. The van der Waals surface area contributed by atoms with Crippen LogP contribution in [0.5, 0.6) is 11.5 Å². The molecule has 2 aromatic carbocycles. The Hall–Kier alpha value is -1.52. The van der Waals surface area contributed by atoms with Crippen LogP contribution in [0.15, 0.2) is 46.9 Å². The van der Waals surface area contributed by atoms with Crippen molar-refractivity contribution in [1.29, 1.82) is 0 Å². The Morgan fingerprint density at radius 2 is 1.70 bits per heavy atom. The van der Waals surface area contributed by atoms with Gasteiger partial charge < -0.3 is 14.8 Å². The van der Waals surface area contributed by atoms with Crippen LogP contribution in [-0.4, -0.2) is 13.2 Å². The van der Waals surface area contributed by atoms with Crippen molar-refractivity contribution in [1.82, 2.24) is 5.32 Å². The largest absolute Gasteiger partial charge is 0.493 e. The van der Waals surface area contributed by atoms with Crippen LogP contribution in [0, 0.1) is 0 Å². The van der Waals surface area contributed by atoms with E-state index < -0.39 is 0 Å². The molecule has 3 rings (SSSR count). The predicted octanol–water partition coefficient (Wildman–Crippen LogP) is 6.24. The van der Waals surface area contributed by atoms with E-state index in [0.717, 1.165) is 33.6 Å². The van der Waals surface area contributed by atoms with Crippen LogP contribution < -0.4 is 14.8 Å². The van der Waals surface area contributed by atoms with Gasteiger partial charge in [-0.15, -0.1) is 0 Å². The molecule has 1 fully saturated rings. The number of rotatable bonds is 7. The van der Waals surface area contributed by atoms with Gasteiger partial charge in [0, 0.05) is 22.6 Å². The maximum Gasteiger partial charge on any atom is 0.166 e. The van der Waals surface area contributed by atoms with E-state index >= 15 is 0 Å². The zero-order chi connectivity index (χ0) is 18.9. The molecule has 3 nitrogen and oxygen atoms in total. The smallest absolute Gasteiger partial charge is 0.166 e. The number of ether oxygens (including phenoxy) is 2. The van der Waals surface area contributed by atoms with Crippen LogP contribution in [0.3, 0.4) is 0 Å². The second-order valence-electron chi connectivity index (χ2n) is 7.29. The van der Waals surface area contributed by atoms with Gasteiger partial charge in [0.05, 0.1) is 7.11 Å². The standard InChI is InChI=1S/C23H30BrNO2/c1-26-22-15-20(24)14-19(16-25-21-12-8-3-2-4-9-13-21)23(22)27-17-18-10-6-5-7-11-18/h5-7,10-11,14-15,21,25H,2-4,8-9,12-13,16-17H2,1H3. The van der Waals surface area contributed by atoms with Crippen LogP contribution in [0.1, 0.15) is 56.1 Å². The average Bonchev–Trinajstić information content (AvgIpc) is 2.66. The summed E-state index contributed by atoms with van der Waals surface area (Å²) in [7, 11) is 1.70. The molecule has 1 aliphatic rings. The van der Waals surface area contributed by atoms with Crippen LogP contribution >= 0.6 is 15.9 Å². The summed E-state index contributed by atoms with van der Waals surface area (Å²) in [6.07, 6.45) is 9.33. The maximum atomic E-state index is 6.20. The molecule has 0 aromatic heterocycles. The average molecular weight is 432 g/mol. The van der Waals surface area contributed by atoms with Gasteiger partial charge in [-0.25, -0.2) is 0 Å². The number of halogens is 1. The van der Waals surface area contributed by atoms with E-state index in [2.05, 4.69) is 39.4 Å². The highest BCUT2D eigenvalue weighted by molar-refractivity contribution is 9.10. The quantitative estimate of drug-likeness (QED) is 0.562. The maximum absolute atomic E-state index is 6.20. The zero-order valence-electron chi connectivity index (χ0n) is 16.2. The minimum atomic E-state index is 0.537. The Morgan fingerprint density at radius 1 is 1.00 bits per heavy atom. The number of hydrogen-bond donors (Lipinski definition) is 1. The first-order valence-electron chi connectivity index (χ1n) is 10.0. The fraction of sp³-hybridized carbons (Fsp3) is 0.478. The summed E-state index contributed by atoms with van der Waals surface area (Å²) in [6.45, 7) is 1.33. The van der Waals surface area contributed by atoms with Gasteiger partial charge in [0.25, 0.3) is 0 Å². The summed E-state index contributed by atoms with van der Waals surface area (Å²) in [5.41, 5.74) is 2.29. The van der Waals surface area contributed by atoms with Gasteiger partial charge in [0.2, 0.25) is 0 Å². The molecule has 0 aliphatic heterocycles. The molecular formula is C23H30BrNO2. The number of methoxy groups -OCH3 is 1. The SMILES string of the molecule is COc1cc(Br)cc(CNC2CCCCCCC2)c1OCc1ccccc1. The number of benzene rings is 2. The molecule has 146 valence electrons. The number of nitrogens with one attached hydrogen (secondary N) is 1. The molecule has 2 aromatic rings. The van der Waals surface area contributed by atoms with E-state index in [1.165, 1.54) is 44.9 Å². The van der Waals surface area contributed by atoms with E-state index in [9.17, 15) is 0 Å². The van der Waals surface area contributed by atoms with Gasteiger partial charge in [0.1, 0.15) is 6.61 Å². The zero-order valence-corrected chi connectivity index (χ0v) is 17.8. The molecule has 1 aliphatic carbocycles. The molecule has 0 spiro atoms. The lowest BCUT2D eigenvalue weighted by Gasteiger charge is -2.22. The van der Waals surface area contributed by atoms with Crippen LogP contribution in [0.4, 0.5) is 0 Å². The third kappa shape index (κ3) is 6.25. The molecule has 0 bridgehead atoms. The van der Waals surface area contributed by atoms with E-state index in [-0.39, 0.29) is 0 Å². The second-order valence-corrected chi connectivity index (χ2v) is 8.21. The van der Waals surface area contributed by atoms with Crippen molar-refractivity contribution in [3.8, 4) is 11.5 Å². The van der Waals surface area contributed by atoms with Crippen LogP contribution in [0.2, 0.25) is 0 Å². The van der Waals surface area contributed by atoms with Crippen molar-refractivity contribution >= 4 is 15.9 Å². The Balaban J connectivity index is 1.71. The van der Waals surface area contributed by atoms with Gasteiger partial charge in [0.15, 0.2) is 11.5 Å². The Labute approximate surface area is 171 Å². The first kappa shape index (κ1) is 20.2. The molecule has 4 heteroatoms. The minimum Gasteiger partial charge on any atom is -0.493 e. The van der Waals surface area contributed by atoms with Crippen molar-refractivity contribution in [3.05, 3.63) is 58.1 Å². The summed E-state index contributed by atoms with van der Waals surface area (Å²) in [5.74, 6) is 1.61. The van der Waals surface area contributed by atoms with Gasteiger partial charge in [-0.1, -0.05) is 78.4 Å². The van der Waals surface area contributed by atoms with E-state index in [1.807, 2.05) is 24.3 Å². The highest BCUT2D eigenvalue weighted by atomic mass is 79.9. The van der Waals surface area contributed by atoms with Crippen molar-refractivity contribution < 1.29 is 9.47 Å². The Morgan fingerprint density at radius 3 is 2.41 bits per heavy atom. The fourth-order valence-corrected chi connectivity index (χ4v) is 4.20. The van der Waals surface area contributed by atoms with E-state index in [0.29, 0.717) is 12.6 Å². The topological polar surface area (TPSA) is 30.5 Å². The Kier molecular flexibility index (Phi) is 8.03. The van der Waals surface area contributed by atoms with E-state index in [4.69, 9.17) is 9.47 Å². The lowest BCUT2D eigenvalue weighted by molar-refractivity contribution is 0.279. The molecule has 27 heavy (non-hydrogen) atoms. The van der Waals surface area contributed by atoms with Gasteiger partial charge in [-0.2, -0.15) is 0 Å². The summed E-state index contributed by atoms with van der Waals surface area (Å²) >= 11 is 3.61. The lowest BCUT2D eigenvalue weighted by atomic mass is 9.96.